The number of carbonyl (C=O) groups excluding carboxylic acids is 1. The molecule has 0 radical (unpaired) electrons. The minimum atomic E-state index is 0.0887. The largest absolute Gasteiger partial charge is 0.333 e. The number of piperidine rings is 1. The zero-order valence-corrected chi connectivity index (χ0v) is 10.5. The highest BCUT2D eigenvalue weighted by molar-refractivity contribution is 7.11. The molecule has 0 saturated carbocycles. The lowest BCUT2D eigenvalue weighted by Gasteiger charge is -2.26. The van der Waals surface area contributed by atoms with Crippen LogP contribution in [0.3, 0.4) is 0 Å². The van der Waals surface area contributed by atoms with Crippen molar-refractivity contribution in [1.29, 1.82) is 0 Å². The number of amides is 2. The number of nitrogens with one attached hydrogen (secondary N) is 1. The number of hydrogen-bond donors (Lipinski definition) is 1. The Kier molecular flexibility index (Phi) is 3.83. The van der Waals surface area contributed by atoms with E-state index in [0.29, 0.717) is 6.54 Å². The van der Waals surface area contributed by atoms with E-state index in [9.17, 15) is 4.79 Å². The van der Waals surface area contributed by atoms with Crippen LogP contribution in [-0.2, 0) is 6.54 Å². The van der Waals surface area contributed by atoms with Crippen LogP contribution >= 0.6 is 11.3 Å². The molecule has 1 aliphatic rings. The average Bonchev–Trinajstić information content (AvgIpc) is 2.73. The van der Waals surface area contributed by atoms with Crippen molar-refractivity contribution < 1.29 is 4.79 Å². The normalized spacial score (nSPS) is 16.2. The quantitative estimate of drug-likeness (QED) is 0.844. The first kappa shape index (κ1) is 11.5. The molecule has 3 nitrogen and oxygen atoms in total. The fourth-order valence-corrected chi connectivity index (χ4v) is 2.78. The summed E-state index contributed by atoms with van der Waals surface area (Å²) in [6, 6.07) is 4.26. The molecule has 2 rings (SSSR count). The van der Waals surface area contributed by atoms with Gasteiger partial charge in [-0.05, 0) is 38.3 Å². The van der Waals surface area contributed by atoms with Crippen LogP contribution in [0.5, 0.6) is 0 Å². The van der Waals surface area contributed by atoms with Crippen molar-refractivity contribution in [2.45, 2.75) is 32.7 Å². The molecule has 1 fully saturated rings. The van der Waals surface area contributed by atoms with Gasteiger partial charge in [-0.1, -0.05) is 0 Å². The van der Waals surface area contributed by atoms with Crippen molar-refractivity contribution in [3.05, 3.63) is 21.9 Å². The van der Waals surface area contributed by atoms with E-state index < -0.39 is 0 Å². The van der Waals surface area contributed by atoms with E-state index in [1.165, 1.54) is 16.2 Å². The molecular formula is C12H18N2OS. The molecule has 0 aliphatic carbocycles. The first-order chi connectivity index (χ1) is 7.75. The Balaban J connectivity index is 1.78. The van der Waals surface area contributed by atoms with Gasteiger partial charge >= 0.3 is 6.03 Å². The Bertz CT molecular complexity index is 356. The molecular weight excluding hydrogens is 220 g/mol. The molecule has 1 aromatic heterocycles. The van der Waals surface area contributed by atoms with Gasteiger partial charge in [0.15, 0.2) is 0 Å². The third-order valence-electron chi connectivity index (χ3n) is 2.85. The Labute approximate surface area is 100 Å². The molecule has 16 heavy (non-hydrogen) atoms. The number of carbonyl (C=O) groups is 1. The topological polar surface area (TPSA) is 32.3 Å². The highest BCUT2D eigenvalue weighted by Gasteiger charge is 2.15. The van der Waals surface area contributed by atoms with E-state index in [1.54, 1.807) is 11.3 Å². The molecule has 0 bridgehead atoms. The maximum Gasteiger partial charge on any atom is 0.317 e. The minimum Gasteiger partial charge on any atom is -0.333 e. The van der Waals surface area contributed by atoms with E-state index in [1.807, 2.05) is 4.90 Å². The van der Waals surface area contributed by atoms with E-state index in [0.717, 1.165) is 25.9 Å². The van der Waals surface area contributed by atoms with Crippen LogP contribution in [0.25, 0.3) is 0 Å². The Morgan fingerprint density at radius 3 is 2.75 bits per heavy atom. The highest BCUT2D eigenvalue weighted by Crippen LogP contribution is 2.15. The highest BCUT2D eigenvalue weighted by atomic mass is 32.1. The predicted molar refractivity (Wildman–Crippen MR) is 66.7 cm³/mol. The number of rotatable bonds is 2. The Morgan fingerprint density at radius 1 is 1.38 bits per heavy atom. The summed E-state index contributed by atoms with van der Waals surface area (Å²) < 4.78 is 0. The zero-order valence-electron chi connectivity index (χ0n) is 9.66. The van der Waals surface area contributed by atoms with Crippen molar-refractivity contribution >= 4 is 17.4 Å². The lowest BCUT2D eigenvalue weighted by atomic mass is 10.1. The summed E-state index contributed by atoms with van der Waals surface area (Å²) in [6.07, 6.45) is 3.55. The molecule has 0 atom stereocenters. The second-order valence-electron chi connectivity index (χ2n) is 4.22. The van der Waals surface area contributed by atoms with Crippen LogP contribution in [0.2, 0.25) is 0 Å². The van der Waals surface area contributed by atoms with Crippen LogP contribution in [0.15, 0.2) is 12.1 Å². The molecule has 1 saturated heterocycles. The van der Waals surface area contributed by atoms with Gasteiger partial charge in [-0.2, -0.15) is 0 Å². The molecule has 2 amide bonds. The second-order valence-corrected chi connectivity index (χ2v) is 5.59. The molecule has 4 heteroatoms. The average molecular weight is 238 g/mol. The molecule has 1 aromatic rings. The Hall–Kier alpha value is -1.03. The van der Waals surface area contributed by atoms with Crippen molar-refractivity contribution in [2.75, 3.05) is 13.1 Å². The number of likely N-dealkylation sites (tertiary alicyclic amines) is 1. The van der Waals surface area contributed by atoms with Crippen molar-refractivity contribution in [3.63, 3.8) is 0 Å². The number of urea groups is 1. The maximum absolute atomic E-state index is 11.8. The summed E-state index contributed by atoms with van der Waals surface area (Å²) in [5.74, 6) is 0. The van der Waals surface area contributed by atoms with Crippen LogP contribution in [-0.4, -0.2) is 24.0 Å². The van der Waals surface area contributed by atoms with E-state index >= 15 is 0 Å². The smallest absolute Gasteiger partial charge is 0.317 e. The van der Waals surface area contributed by atoms with Crippen LogP contribution in [0.4, 0.5) is 4.79 Å². The first-order valence-electron chi connectivity index (χ1n) is 5.84. The number of hydrogen-bond acceptors (Lipinski definition) is 2. The second kappa shape index (κ2) is 5.34. The lowest BCUT2D eigenvalue weighted by Crippen LogP contribution is -2.42. The molecule has 0 unspecified atom stereocenters. The summed E-state index contributed by atoms with van der Waals surface area (Å²) in [6.45, 7) is 4.57. The fraction of sp³-hybridized carbons (Fsp3) is 0.583. The van der Waals surface area contributed by atoms with Gasteiger partial charge in [0.25, 0.3) is 0 Å². The van der Waals surface area contributed by atoms with E-state index in [-0.39, 0.29) is 6.03 Å². The van der Waals surface area contributed by atoms with Gasteiger partial charge in [0.05, 0.1) is 6.54 Å². The minimum absolute atomic E-state index is 0.0887. The summed E-state index contributed by atoms with van der Waals surface area (Å²) in [5.41, 5.74) is 0. The number of aryl methyl sites for hydroxylation is 1. The standard InChI is InChI=1S/C12H18N2OS/c1-10-5-6-11(16-10)9-13-12(15)14-7-3-2-4-8-14/h5-6H,2-4,7-9H2,1H3,(H,13,15). The third-order valence-corrected chi connectivity index (χ3v) is 3.85. The predicted octanol–water partition coefficient (Wildman–Crippen LogP) is 2.75. The van der Waals surface area contributed by atoms with Crippen molar-refractivity contribution in [1.82, 2.24) is 10.2 Å². The lowest BCUT2D eigenvalue weighted by molar-refractivity contribution is 0.186. The molecule has 2 heterocycles. The maximum atomic E-state index is 11.8. The van der Waals surface area contributed by atoms with Gasteiger partial charge < -0.3 is 10.2 Å². The van der Waals surface area contributed by atoms with Gasteiger partial charge in [0.1, 0.15) is 0 Å². The molecule has 1 N–H and O–H groups in total. The third kappa shape index (κ3) is 2.98. The van der Waals surface area contributed by atoms with E-state index in [4.69, 9.17) is 0 Å². The summed E-state index contributed by atoms with van der Waals surface area (Å²) in [5, 5.41) is 2.98. The SMILES string of the molecule is Cc1ccc(CNC(=O)N2CCCCC2)s1. The Morgan fingerprint density at radius 2 is 2.12 bits per heavy atom. The van der Waals surface area contributed by atoms with Gasteiger partial charge in [-0.15, -0.1) is 11.3 Å². The fourth-order valence-electron chi connectivity index (χ4n) is 1.95. The van der Waals surface area contributed by atoms with Gasteiger partial charge in [-0.25, -0.2) is 4.79 Å². The summed E-state index contributed by atoms with van der Waals surface area (Å²) in [4.78, 5) is 16.2. The van der Waals surface area contributed by atoms with Crippen LogP contribution in [0, 0.1) is 6.92 Å². The van der Waals surface area contributed by atoms with Gasteiger partial charge in [0.2, 0.25) is 0 Å². The number of thiophene rings is 1. The van der Waals surface area contributed by atoms with Crippen LogP contribution in [0.1, 0.15) is 29.0 Å². The molecule has 1 aliphatic heterocycles. The molecule has 0 spiro atoms. The zero-order chi connectivity index (χ0) is 11.4. The van der Waals surface area contributed by atoms with Crippen molar-refractivity contribution in [3.8, 4) is 0 Å². The van der Waals surface area contributed by atoms with Gasteiger partial charge in [0, 0.05) is 22.8 Å². The van der Waals surface area contributed by atoms with Crippen molar-refractivity contribution in [2.24, 2.45) is 0 Å². The summed E-state index contributed by atoms with van der Waals surface area (Å²) >= 11 is 1.74. The van der Waals surface area contributed by atoms with Gasteiger partial charge in [-0.3, -0.25) is 0 Å². The van der Waals surface area contributed by atoms with E-state index in [2.05, 4.69) is 24.4 Å². The summed E-state index contributed by atoms with van der Waals surface area (Å²) in [7, 11) is 0. The molecule has 88 valence electrons. The monoisotopic (exact) mass is 238 g/mol. The number of nitrogens with zero attached hydrogens (tertiary/aromatic N) is 1. The first-order valence-corrected chi connectivity index (χ1v) is 6.65. The van der Waals surface area contributed by atoms with Crippen LogP contribution < -0.4 is 5.32 Å². The molecule has 0 aromatic carbocycles.